The molecule has 0 bridgehead atoms. The van der Waals surface area contributed by atoms with Crippen molar-refractivity contribution in [3.05, 3.63) is 76.1 Å². The highest BCUT2D eigenvalue weighted by atomic mass is 32.1. The Kier molecular flexibility index (Phi) is 5.75. The molecule has 9 heteroatoms. The number of aromatic nitrogens is 2. The van der Waals surface area contributed by atoms with Gasteiger partial charge in [-0.1, -0.05) is 23.5 Å². The first-order chi connectivity index (χ1) is 15.3. The third-order valence-electron chi connectivity index (χ3n) is 4.85. The number of benzene rings is 2. The Morgan fingerprint density at radius 1 is 1.09 bits per heavy atom. The minimum absolute atomic E-state index is 0.0198. The van der Waals surface area contributed by atoms with E-state index in [-0.39, 0.29) is 22.6 Å². The summed E-state index contributed by atoms with van der Waals surface area (Å²) >= 11 is 1.15. The van der Waals surface area contributed by atoms with Gasteiger partial charge in [0.15, 0.2) is 0 Å². The predicted molar refractivity (Wildman–Crippen MR) is 118 cm³/mol. The number of carbonyl (C=O) groups is 2. The minimum Gasteiger partial charge on any atom is -0.507 e. The molecule has 1 N–H and O–H groups in total. The van der Waals surface area contributed by atoms with Crippen LogP contribution in [0.1, 0.15) is 36.0 Å². The molecule has 3 aromatic rings. The van der Waals surface area contributed by atoms with E-state index < -0.39 is 23.5 Å². The van der Waals surface area contributed by atoms with Crippen LogP contribution in [0.3, 0.4) is 0 Å². The van der Waals surface area contributed by atoms with E-state index in [2.05, 4.69) is 10.2 Å². The lowest BCUT2D eigenvalue weighted by molar-refractivity contribution is -0.132. The molecule has 0 spiro atoms. The van der Waals surface area contributed by atoms with Crippen LogP contribution in [-0.4, -0.2) is 33.1 Å². The Bertz CT molecular complexity index is 1200. The molecule has 2 heterocycles. The SMILES string of the molecule is Cc1nnc(N2C(=O)C(=O)/C(=C(/O)c3ccc(OC(C)C)cc3)[C@H]2c2ccc(F)cc2)s1. The van der Waals surface area contributed by atoms with Gasteiger partial charge in [-0.25, -0.2) is 4.39 Å². The number of ether oxygens (including phenoxy) is 1. The van der Waals surface area contributed by atoms with Gasteiger partial charge in [0.25, 0.3) is 5.78 Å². The van der Waals surface area contributed by atoms with Crippen molar-refractivity contribution in [2.24, 2.45) is 0 Å². The summed E-state index contributed by atoms with van der Waals surface area (Å²) in [6.45, 7) is 5.52. The van der Waals surface area contributed by atoms with Gasteiger partial charge < -0.3 is 9.84 Å². The van der Waals surface area contributed by atoms with Gasteiger partial charge in [0.2, 0.25) is 5.13 Å². The number of aliphatic hydroxyl groups excluding tert-OH is 1. The fourth-order valence-corrected chi connectivity index (χ4v) is 4.21. The molecule has 1 fully saturated rings. The molecule has 1 saturated heterocycles. The second kappa shape index (κ2) is 8.51. The number of Topliss-reactive ketones (excluding diaryl/α,β-unsaturated/α-hetero) is 1. The van der Waals surface area contributed by atoms with E-state index in [9.17, 15) is 19.1 Å². The quantitative estimate of drug-likeness (QED) is 0.350. The van der Waals surface area contributed by atoms with E-state index in [0.717, 1.165) is 11.3 Å². The van der Waals surface area contributed by atoms with Crippen molar-refractivity contribution in [3.8, 4) is 5.75 Å². The minimum atomic E-state index is -0.977. The number of aryl methyl sites for hydroxylation is 1. The molecular weight excluding hydrogens is 433 g/mol. The van der Waals surface area contributed by atoms with Crippen molar-refractivity contribution in [2.45, 2.75) is 32.9 Å². The van der Waals surface area contributed by atoms with Crippen LogP contribution >= 0.6 is 11.3 Å². The van der Waals surface area contributed by atoms with E-state index in [1.165, 1.54) is 29.2 Å². The van der Waals surface area contributed by atoms with Crippen molar-refractivity contribution in [1.82, 2.24) is 10.2 Å². The monoisotopic (exact) mass is 453 g/mol. The highest BCUT2D eigenvalue weighted by molar-refractivity contribution is 7.15. The smallest absolute Gasteiger partial charge is 0.301 e. The maximum atomic E-state index is 13.6. The molecule has 1 aliphatic rings. The number of amides is 1. The van der Waals surface area contributed by atoms with Crippen molar-refractivity contribution < 1.29 is 23.8 Å². The third-order valence-corrected chi connectivity index (χ3v) is 5.69. The molecule has 1 atom stereocenters. The number of anilines is 1. The van der Waals surface area contributed by atoms with Crippen LogP contribution in [0.25, 0.3) is 5.76 Å². The second-order valence-electron chi connectivity index (χ2n) is 7.52. The predicted octanol–water partition coefficient (Wildman–Crippen LogP) is 4.40. The van der Waals surface area contributed by atoms with Gasteiger partial charge in [0.05, 0.1) is 17.7 Å². The van der Waals surface area contributed by atoms with E-state index in [1.54, 1.807) is 31.2 Å². The molecule has 0 saturated carbocycles. The highest BCUT2D eigenvalue weighted by Gasteiger charge is 2.48. The fraction of sp³-hybridized carbons (Fsp3) is 0.217. The Hall–Kier alpha value is -3.59. The van der Waals surface area contributed by atoms with E-state index >= 15 is 0 Å². The molecule has 1 aromatic heterocycles. The summed E-state index contributed by atoms with van der Waals surface area (Å²) in [6.07, 6.45) is -0.0198. The molecule has 0 unspecified atom stereocenters. The van der Waals surface area contributed by atoms with Crippen LogP contribution in [-0.2, 0) is 9.59 Å². The number of hydrogen-bond donors (Lipinski definition) is 1. The van der Waals surface area contributed by atoms with Crippen LogP contribution < -0.4 is 9.64 Å². The number of carbonyl (C=O) groups excluding carboxylic acids is 2. The van der Waals surface area contributed by atoms with E-state index in [1.807, 2.05) is 13.8 Å². The number of nitrogens with zero attached hydrogens (tertiary/aromatic N) is 3. The van der Waals surface area contributed by atoms with Crippen molar-refractivity contribution >= 4 is 33.9 Å². The van der Waals surface area contributed by atoms with Crippen LogP contribution in [0.4, 0.5) is 9.52 Å². The van der Waals surface area contributed by atoms with Crippen LogP contribution in [0.15, 0.2) is 54.1 Å². The zero-order valence-corrected chi connectivity index (χ0v) is 18.4. The summed E-state index contributed by atoms with van der Waals surface area (Å²) in [5.74, 6) is -1.88. The standard InChI is InChI=1S/C23H20FN3O4S/c1-12(2)31-17-10-6-15(7-11-17)20(28)18-19(14-4-8-16(24)9-5-14)27(22(30)21(18)29)23-26-25-13(3)32-23/h4-12,19,28H,1-3H3/b20-18+/t19-/m1/s1. The number of rotatable bonds is 5. The van der Waals surface area contributed by atoms with Crippen LogP contribution in [0.5, 0.6) is 5.75 Å². The molecular formula is C23H20FN3O4S. The van der Waals surface area contributed by atoms with Gasteiger partial charge in [-0.05, 0) is 62.7 Å². The largest absolute Gasteiger partial charge is 0.507 e. The Morgan fingerprint density at radius 2 is 1.75 bits per heavy atom. The van der Waals surface area contributed by atoms with Crippen LogP contribution in [0.2, 0.25) is 0 Å². The van der Waals surface area contributed by atoms with Gasteiger partial charge in [-0.15, -0.1) is 10.2 Å². The molecule has 164 valence electrons. The third kappa shape index (κ3) is 3.99. The Morgan fingerprint density at radius 3 is 2.31 bits per heavy atom. The van der Waals surface area contributed by atoms with Gasteiger partial charge in [0, 0.05) is 5.56 Å². The van der Waals surface area contributed by atoms with Gasteiger partial charge >= 0.3 is 5.91 Å². The molecule has 0 aliphatic carbocycles. The molecule has 7 nitrogen and oxygen atoms in total. The van der Waals surface area contributed by atoms with Crippen molar-refractivity contribution in [1.29, 1.82) is 0 Å². The summed E-state index contributed by atoms with van der Waals surface area (Å²) in [7, 11) is 0. The van der Waals surface area contributed by atoms with E-state index in [4.69, 9.17) is 4.74 Å². The lowest BCUT2D eigenvalue weighted by atomic mass is 9.95. The Labute approximate surface area is 187 Å². The summed E-state index contributed by atoms with van der Waals surface area (Å²) in [5, 5.41) is 19.8. The average molecular weight is 453 g/mol. The Balaban J connectivity index is 1.85. The van der Waals surface area contributed by atoms with Gasteiger partial charge in [-0.3, -0.25) is 14.5 Å². The molecule has 2 aromatic carbocycles. The molecule has 4 rings (SSSR count). The summed E-state index contributed by atoms with van der Waals surface area (Å²) in [5.41, 5.74) is 0.700. The fourth-order valence-electron chi connectivity index (χ4n) is 3.49. The summed E-state index contributed by atoms with van der Waals surface area (Å²) in [4.78, 5) is 27.2. The molecule has 0 radical (unpaired) electrons. The lowest BCUT2D eigenvalue weighted by Gasteiger charge is -2.22. The normalized spacial score (nSPS) is 17.9. The van der Waals surface area contributed by atoms with Gasteiger partial charge in [-0.2, -0.15) is 0 Å². The first-order valence-electron chi connectivity index (χ1n) is 9.90. The summed E-state index contributed by atoms with van der Waals surface area (Å²) < 4.78 is 19.2. The number of halogens is 1. The number of hydrogen-bond acceptors (Lipinski definition) is 7. The zero-order valence-electron chi connectivity index (χ0n) is 17.6. The molecule has 1 amide bonds. The zero-order chi connectivity index (χ0) is 23.0. The topological polar surface area (TPSA) is 92.6 Å². The highest BCUT2D eigenvalue weighted by Crippen LogP contribution is 2.43. The first kappa shape index (κ1) is 21.6. The maximum absolute atomic E-state index is 13.6. The average Bonchev–Trinajstić information content (AvgIpc) is 3.29. The lowest BCUT2D eigenvalue weighted by Crippen LogP contribution is -2.29. The number of aliphatic hydroxyl groups is 1. The first-order valence-corrected chi connectivity index (χ1v) is 10.7. The number of ketones is 1. The summed E-state index contributed by atoms with van der Waals surface area (Å²) in [6, 6.07) is 11.0. The van der Waals surface area contributed by atoms with E-state index in [0.29, 0.717) is 21.9 Å². The van der Waals surface area contributed by atoms with Crippen molar-refractivity contribution in [2.75, 3.05) is 4.90 Å². The maximum Gasteiger partial charge on any atom is 0.301 e. The second-order valence-corrected chi connectivity index (χ2v) is 8.68. The van der Waals surface area contributed by atoms with Crippen LogP contribution in [0, 0.1) is 12.7 Å². The molecule has 1 aliphatic heterocycles. The molecule has 32 heavy (non-hydrogen) atoms. The van der Waals surface area contributed by atoms with Gasteiger partial charge in [0.1, 0.15) is 22.3 Å². The van der Waals surface area contributed by atoms with Crippen molar-refractivity contribution in [3.63, 3.8) is 0 Å².